The van der Waals surface area contributed by atoms with Crippen LogP contribution in [0.5, 0.6) is 0 Å². The van der Waals surface area contributed by atoms with Crippen molar-refractivity contribution in [2.24, 2.45) is 4.99 Å². The standard InChI is InChI=1S/C26H21Cl2N5/c1-16(2)30-22-14-26-23(13-21(22)31-18-6-5-11-29-15-18)32-20-7-3-4-8-25(20)33(26)24-10-9-17(27)12-19(24)28/h3-16,31H,1-2H3/b30-22+. The summed E-state index contributed by atoms with van der Waals surface area (Å²) in [7, 11) is 0. The number of rotatable bonds is 4. The van der Waals surface area contributed by atoms with Crippen LogP contribution in [0.1, 0.15) is 13.8 Å². The Morgan fingerprint density at radius 2 is 1.82 bits per heavy atom. The highest BCUT2D eigenvalue weighted by molar-refractivity contribution is 6.35. The minimum Gasteiger partial charge on any atom is -0.352 e. The van der Waals surface area contributed by atoms with Crippen molar-refractivity contribution in [3.63, 3.8) is 0 Å². The molecular weight excluding hydrogens is 453 g/mol. The number of fused-ring (bicyclic) bond motifs is 2. The van der Waals surface area contributed by atoms with Gasteiger partial charge in [0.05, 0.1) is 56.1 Å². The van der Waals surface area contributed by atoms with Crippen LogP contribution in [-0.2, 0) is 0 Å². The summed E-state index contributed by atoms with van der Waals surface area (Å²) in [4.78, 5) is 14.0. The van der Waals surface area contributed by atoms with Gasteiger partial charge >= 0.3 is 0 Å². The molecule has 164 valence electrons. The number of hydrogen-bond donors (Lipinski definition) is 1. The fraction of sp³-hybridized carbons (Fsp3) is 0.115. The molecule has 3 aromatic rings. The highest BCUT2D eigenvalue weighted by atomic mass is 35.5. The summed E-state index contributed by atoms with van der Waals surface area (Å²) in [5, 5.41) is 5.43. The molecule has 0 saturated heterocycles. The molecule has 1 N–H and O–H groups in total. The van der Waals surface area contributed by atoms with Crippen molar-refractivity contribution in [2.75, 3.05) is 5.32 Å². The van der Waals surface area contributed by atoms with Crippen molar-refractivity contribution in [3.8, 4) is 17.1 Å². The molecule has 0 saturated carbocycles. The van der Waals surface area contributed by atoms with E-state index in [-0.39, 0.29) is 6.04 Å². The molecule has 0 unspecified atom stereocenters. The van der Waals surface area contributed by atoms with Crippen molar-refractivity contribution in [1.29, 1.82) is 0 Å². The molecule has 2 aromatic carbocycles. The van der Waals surface area contributed by atoms with Crippen molar-refractivity contribution >= 4 is 45.6 Å². The second kappa shape index (κ2) is 8.85. The molecule has 0 fully saturated rings. The monoisotopic (exact) mass is 473 g/mol. The zero-order valence-electron chi connectivity index (χ0n) is 18.1. The van der Waals surface area contributed by atoms with Gasteiger partial charge in [0.1, 0.15) is 0 Å². The van der Waals surface area contributed by atoms with E-state index in [0.29, 0.717) is 10.0 Å². The van der Waals surface area contributed by atoms with Crippen LogP contribution < -0.4 is 10.7 Å². The molecule has 7 heteroatoms. The maximum absolute atomic E-state index is 6.66. The predicted molar refractivity (Wildman–Crippen MR) is 136 cm³/mol. The normalized spacial score (nSPS) is 12.1. The van der Waals surface area contributed by atoms with E-state index in [1.807, 2.05) is 54.6 Å². The van der Waals surface area contributed by atoms with Gasteiger partial charge in [0.15, 0.2) is 0 Å². The van der Waals surface area contributed by atoms with Crippen molar-refractivity contribution in [3.05, 3.63) is 94.5 Å². The van der Waals surface area contributed by atoms with E-state index in [0.717, 1.165) is 44.8 Å². The van der Waals surface area contributed by atoms with E-state index in [4.69, 9.17) is 33.2 Å². The minimum absolute atomic E-state index is 0.109. The number of anilines is 2. The van der Waals surface area contributed by atoms with Crippen molar-refractivity contribution < 1.29 is 0 Å². The van der Waals surface area contributed by atoms with Crippen LogP contribution in [0.3, 0.4) is 0 Å². The number of para-hydroxylation sites is 2. The highest BCUT2D eigenvalue weighted by Gasteiger charge is 2.18. The molecule has 0 radical (unpaired) electrons. The van der Waals surface area contributed by atoms with Crippen LogP contribution in [0, 0.1) is 0 Å². The largest absolute Gasteiger partial charge is 0.352 e. The highest BCUT2D eigenvalue weighted by Crippen LogP contribution is 2.34. The van der Waals surface area contributed by atoms with Crippen LogP contribution in [0.15, 0.2) is 84.1 Å². The summed E-state index contributed by atoms with van der Waals surface area (Å²) in [6.45, 7) is 4.11. The predicted octanol–water partition coefficient (Wildman–Crippen LogP) is 6.88. The number of nitrogens with zero attached hydrogens (tertiary/aromatic N) is 4. The first-order valence-corrected chi connectivity index (χ1v) is 11.4. The Balaban J connectivity index is 1.85. The zero-order valence-corrected chi connectivity index (χ0v) is 19.6. The Labute approximate surface area is 201 Å². The third-order valence-corrected chi connectivity index (χ3v) is 5.72. The summed E-state index contributed by atoms with van der Waals surface area (Å²) < 4.78 is 2.11. The number of aromatic nitrogens is 3. The first kappa shape index (κ1) is 21.4. The third kappa shape index (κ3) is 4.30. The number of benzene rings is 3. The number of hydrogen-bond acceptors (Lipinski definition) is 4. The number of pyridine rings is 1. The van der Waals surface area contributed by atoms with Crippen LogP contribution in [-0.4, -0.2) is 20.6 Å². The lowest BCUT2D eigenvalue weighted by molar-refractivity contribution is 0.806. The van der Waals surface area contributed by atoms with Crippen molar-refractivity contribution in [2.45, 2.75) is 19.9 Å². The molecule has 1 aliphatic carbocycles. The van der Waals surface area contributed by atoms with Gasteiger partial charge in [-0.1, -0.05) is 35.3 Å². The maximum atomic E-state index is 6.66. The van der Waals surface area contributed by atoms with Gasteiger partial charge in [-0.2, -0.15) is 0 Å². The molecule has 5 nitrogen and oxygen atoms in total. The van der Waals surface area contributed by atoms with Gasteiger partial charge < -0.3 is 9.88 Å². The van der Waals surface area contributed by atoms with Gasteiger partial charge in [0.25, 0.3) is 0 Å². The van der Waals surface area contributed by atoms with Gasteiger partial charge in [-0.05, 0) is 68.4 Å². The maximum Gasteiger partial charge on any atom is 0.0900 e. The molecule has 2 heterocycles. The molecule has 33 heavy (non-hydrogen) atoms. The number of halogens is 2. The van der Waals surface area contributed by atoms with Crippen LogP contribution in [0.2, 0.25) is 10.0 Å². The molecule has 0 atom stereocenters. The zero-order chi connectivity index (χ0) is 22.9. The van der Waals surface area contributed by atoms with E-state index >= 15 is 0 Å². The number of nitrogens with one attached hydrogen (secondary N) is 1. The molecule has 1 aliphatic heterocycles. The molecule has 5 rings (SSSR count). The second-order valence-electron chi connectivity index (χ2n) is 7.98. The third-order valence-electron chi connectivity index (χ3n) is 5.19. The van der Waals surface area contributed by atoms with Crippen LogP contribution >= 0.6 is 23.2 Å². The summed E-state index contributed by atoms with van der Waals surface area (Å²) in [6.07, 6.45) is 3.53. The van der Waals surface area contributed by atoms with Gasteiger partial charge in [-0.3, -0.25) is 9.98 Å². The Bertz CT molecular complexity index is 1490. The summed E-state index contributed by atoms with van der Waals surface area (Å²) in [6, 6.07) is 21.6. The van der Waals surface area contributed by atoms with Gasteiger partial charge in [0.2, 0.25) is 0 Å². The SMILES string of the molecule is CC(C)/N=c1\cc2n(-c3ccc(Cl)cc3Cl)c3ccccc3nc-2cc1Nc1cccnc1. The molecule has 0 bridgehead atoms. The molecule has 0 amide bonds. The van der Waals surface area contributed by atoms with E-state index in [2.05, 4.69) is 34.8 Å². The Kier molecular flexibility index (Phi) is 5.75. The smallest absolute Gasteiger partial charge is 0.0900 e. The van der Waals surface area contributed by atoms with Crippen molar-refractivity contribution in [1.82, 2.24) is 14.5 Å². The second-order valence-corrected chi connectivity index (χ2v) is 8.82. The van der Waals surface area contributed by atoms with Gasteiger partial charge in [-0.25, -0.2) is 4.98 Å². The van der Waals surface area contributed by atoms with Crippen LogP contribution in [0.4, 0.5) is 11.4 Å². The van der Waals surface area contributed by atoms with Crippen LogP contribution in [0.25, 0.3) is 28.1 Å². The fourth-order valence-electron chi connectivity index (χ4n) is 3.84. The first-order valence-electron chi connectivity index (χ1n) is 10.6. The van der Waals surface area contributed by atoms with E-state index in [1.165, 1.54) is 0 Å². The molecule has 0 spiro atoms. The molecule has 2 aliphatic rings. The lowest BCUT2D eigenvalue weighted by Gasteiger charge is -2.21. The topological polar surface area (TPSA) is 55.1 Å². The lowest BCUT2D eigenvalue weighted by Crippen LogP contribution is -2.16. The molecule has 1 aromatic heterocycles. The van der Waals surface area contributed by atoms with Gasteiger partial charge in [0, 0.05) is 17.3 Å². The summed E-state index contributed by atoms with van der Waals surface area (Å²) in [5.41, 5.74) is 6.08. The minimum atomic E-state index is 0.109. The first-order chi connectivity index (χ1) is 16.0. The lowest BCUT2D eigenvalue weighted by atomic mass is 10.1. The summed E-state index contributed by atoms with van der Waals surface area (Å²) in [5.74, 6) is 0. The van der Waals surface area contributed by atoms with E-state index in [9.17, 15) is 0 Å². The summed E-state index contributed by atoms with van der Waals surface area (Å²) >= 11 is 12.8. The Morgan fingerprint density at radius 1 is 0.970 bits per heavy atom. The molecular formula is C26H21Cl2N5. The quantitative estimate of drug-likeness (QED) is 0.289. The average molecular weight is 474 g/mol. The van der Waals surface area contributed by atoms with E-state index < -0.39 is 0 Å². The Hall–Kier alpha value is -3.41. The fourth-order valence-corrected chi connectivity index (χ4v) is 4.33. The average Bonchev–Trinajstić information content (AvgIpc) is 2.79. The Morgan fingerprint density at radius 3 is 2.58 bits per heavy atom. The van der Waals surface area contributed by atoms with Gasteiger partial charge in [-0.15, -0.1) is 0 Å². The van der Waals surface area contributed by atoms with E-state index in [1.54, 1.807) is 18.5 Å².